The van der Waals surface area contributed by atoms with Crippen LogP contribution >= 0.6 is 11.8 Å². The Bertz CT molecular complexity index is 783. The number of thioether (sulfide) groups is 1. The first-order valence-corrected chi connectivity index (χ1v) is 9.01. The summed E-state index contributed by atoms with van der Waals surface area (Å²) in [5.74, 6) is -0.432. The van der Waals surface area contributed by atoms with Gasteiger partial charge < -0.3 is 14.2 Å². The van der Waals surface area contributed by atoms with Crippen molar-refractivity contribution in [3.05, 3.63) is 41.3 Å². The molecule has 0 fully saturated rings. The van der Waals surface area contributed by atoms with Gasteiger partial charge in [0, 0.05) is 16.7 Å². The molecule has 1 aliphatic rings. The molecule has 1 aromatic heterocycles. The Labute approximate surface area is 150 Å². The first kappa shape index (κ1) is 17.5. The lowest BCUT2D eigenvalue weighted by molar-refractivity contribution is -0.121. The SMILES string of the molecule is Cc1noc(C)c1C(=O)OCC(=O)N1CC[C@H](C)Sc2ccccc21. The maximum atomic E-state index is 12.7. The minimum absolute atomic E-state index is 0.234. The van der Waals surface area contributed by atoms with Gasteiger partial charge in [-0.3, -0.25) is 4.79 Å². The Balaban J connectivity index is 1.72. The number of fused-ring (bicyclic) bond motifs is 1. The quantitative estimate of drug-likeness (QED) is 0.782. The van der Waals surface area contributed by atoms with Gasteiger partial charge >= 0.3 is 5.97 Å². The van der Waals surface area contributed by atoms with Crippen LogP contribution in [0.2, 0.25) is 0 Å². The summed E-state index contributed by atoms with van der Waals surface area (Å²) in [6, 6.07) is 7.81. The Hall–Kier alpha value is -2.28. The highest BCUT2D eigenvalue weighted by Gasteiger charge is 2.26. The molecule has 0 unspecified atom stereocenters. The summed E-state index contributed by atoms with van der Waals surface area (Å²) in [7, 11) is 0. The third-order valence-corrected chi connectivity index (χ3v) is 5.35. The molecule has 1 atom stereocenters. The Kier molecular flexibility index (Phi) is 5.13. The topological polar surface area (TPSA) is 72.6 Å². The number of nitrogens with zero attached hydrogens (tertiary/aromatic N) is 2. The first-order valence-electron chi connectivity index (χ1n) is 8.13. The van der Waals surface area contributed by atoms with E-state index in [1.165, 1.54) is 0 Å². The number of anilines is 1. The van der Waals surface area contributed by atoms with Gasteiger partial charge in [-0.05, 0) is 32.4 Å². The van der Waals surface area contributed by atoms with E-state index in [9.17, 15) is 9.59 Å². The molecule has 132 valence electrons. The molecule has 0 radical (unpaired) electrons. The van der Waals surface area contributed by atoms with Crippen LogP contribution in [0.5, 0.6) is 0 Å². The van der Waals surface area contributed by atoms with Crippen molar-refractivity contribution in [3.63, 3.8) is 0 Å². The van der Waals surface area contributed by atoms with E-state index in [4.69, 9.17) is 9.26 Å². The molecule has 0 spiro atoms. The molecule has 6 nitrogen and oxygen atoms in total. The highest BCUT2D eigenvalue weighted by molar-refractivity contribution is 8.00. The van der Waals surface area contributed by atoms with Crippen molar-refractivity contribution in [1.82, 2.24) is 5.16 Å². The Morgan fingerprint density at radius 3 is 2.84 bits per heavy atom. The lowest BCUT2D eigenvalue weighted by Crippen LogP contribution is -2.35. The Morgan fingerprint density at radius 1 is 1.36 bits per heavy atom. The molecule has 0 bridgehead atoms. The minimum atomic E-state index is -0.588. The molecule has 0 saturated carbocycles. The van der Waals surface area contributed by atoms with Crippen molar-refractivity contribution in [3.8, 4) is 0 Å². The van der Waals surface area contributed by atoms with E-state index in [1.807, 2.05) is 24.3 Å². The van der Waals surface area contributed by atoms with E-state index in [1.54, 1.807) is 30.5 Å². The average molecular weight is 360 g/mol. The van der Waals surface area contributed by atoms with Gasteiger partial charge in [-0.1, -0.05) is 24.2 Å². The summed E-state index contributed by atoms with van der Waals surface area (Å²) in [4.78, 5) is 27.6. The second-order valence-electron chi connectivity index (χ2n) is 6.01. The number of aryl methyl sites for hydroxylation is 2. The lowest BCUT2D eigenvalue weighted by Gasteiger charge is -2.22. The van der Waals surface area contributed by atoms with E-state index in [2.05, 4.69) is 12.1 Å². The number of hydrogen-bond donors (Lipinski definition) is 0. The number of aromatic nitrogens is 1. The number of benzene rings is 1. The molecule has 2 heterocycles. The van der Waals surface area contributed by atoms with Gasteiger partial charge in [0.05, 0.1) is 11.4 Å². The van der Waals surface area contributed by atoms with E-state index in [0.717, 1.165) is 17.0 Å². The number of carbonyl (C=O) groups is 2. The zero-order valence-corrected chi connectivity index (χ0v) is 15.3. The van der Waals surface area contributed by atoms with Gasteiger partial charge in [0.25, 0.3) is 5.91 Å². The van der Waals surface area contributed by atoms with Crippen LogP contribution in [-0.4, -0.2) is 35.4 Å². The fraction of sp³-hybridized carbons (Fsp3) is 0.389. The standard InChI is InChI=1S/C18H20N2O4S/c1-11-8-9-20(14-6-4-5-7-15(14)25-11)16(21)10-23-18(22)17-12(2)19-24-13(17)3/h4-7,11H,8-10H2,1-3H3/t11-/m0/s1. The summed E-state index contributed by atoms with van der Waals surface area (Å²) in [5, 5.41) is 4.15. The number of esters is 1. The van der Waals surface area contributed by atoms with Crippen molar-refractivity contribution in [2.24, 2.45) is 0 Å². The van der Waals surface area contributed by atoms with Crippen molar-refractivity contribution < 1.29 is 18.8 Å². The summed E-state index contributed by atoms with van der Waals surface area (Å²) < 4.78 is 10.2. The zero-order chi connectivity index (χ0) is 18.0. The molecule has 1 amide bonds. The number of carbonyl (C=O) groups excluding carboxylic acids is 2. The van der Waals surface area contributed by atoms with Crippen molar-refractivity contribution >= 4 is 29.3 Å². The predicted octanol–water partition coefficient (Wildman–Crippen LogP) is 3.37. The summed E-state index contributed by atoms with van der Waals surface area (Å²) in [5.41, 5.74) is 1.61. The molecule has 1 aliphatic heterocycles. The van der Waals surface area contributed by atoms with Crippen LogP contribution in [0.15, 0.2) is 33.7 Å². The molecule has 0 N–H and O–H groups in total. The second-order valence-corrected chi connectivity index (χ2v) is 7.49. The maximum Gasteiger partial charge on any atom is 0.344 e. The summed E-state index contributed by atoms with van der Waals surface area (Å²) in [6.07, 6.45) is 0.878. The van der Waals surface area contributed by atoms with Crippen LogP contribution in [0.25, 0.3) is 0 Å². The second kappa shape index (κ2) is 7.31. The molecule has 2 aromatic rings. The number of ether oxygens (including phenoxy) is 1. The molecule has 7 heteroatoms. The van der Waals surface area contributed by atoms with E-state index >= 15 is 0 Å². The third kappa shape index (κ3) is 3.71. The van der Waals surface area contributed by atoms with Crippen molar-refractivity contribution in [2.75, 3.05) is 18.1 Å². The van der Waals surface area contributed by atoms with Crippen LogP contribution < -0.4 is 4.90 Å². The highest BCUT2D eigenvalue weighted by atomic mass is 32.2. The highest BCUT2D eigenvalue weighted by Crippen LogP contribution is 2.37. The van der Waals surface area contributed by atoms with Gasteiger partial charge in [-0.2, -0.15) is 0 Å². The third-order valence-electron chi connectivity index (χ3n) is 4.11. The molecule has 3 rings (SSSR count). The van der Waals surface area contributed by atoms with Crippen LogP contribution in [0.1, 0.15) is 35.2 Å². The van der Waals surface area contributed by atoms with Gasteiger partial charge in [0.2, 0.25) is 0 Å². The van der Waals surface area contributed by atoms with Crippen LogP contribution in [0, 0.1) is 13.8 Å². The smallest absolute Gasteiger partial charge is 0.344 e. The van der Waals surface area contributed by atoms with Crippen molar-refractivity contribution in [2.45, 2.75) is 37.3 Å². The number of hydrogen-bond acceptors (Lipinski definition) is 6. The summed E-state index contributed by atoms with van der Waals surface area (Å²) >= 11 is 1.76. The zero-order valence-electron chi connectivity index (χ0n) is 14.4. The first-order chi connectivity index (χ1) is 12.0. The number of para-hydroxylation sites is 1. The van der Waals surface area contributed by atoms with E-state index < -0.39 is 5.97 Å². The van der Waals surface area contributed by atoms with Gasteiger partial charge in [0.15, 0.2) is 6.61 Å². The molecule has 1 aromatic carbocycles. The van der Waals surface area contributed by atoms with E-state index in [-0.39, 0.29) is 18.1 Å². The molecule has 25 heavy (non-hydrogen) atoms. The van der Waals surface area contributed by atoms with Gasteiger partial charge in [-0.15, -0.1) is 11.8 Å². The summed E-state index contributed by atoms with van der Waals surface area (Å²) in [6.45, 7) is 5.75. The molecular formula is C18H20N2O4S. The van der Waals surface area contributed by atoms with Crippen LogP contribution in [-0.2, 0) is 9.53 Å². The van der Waals surface area contributed by atoms with Crippen LogP contribution in [0.4, 0.5) is 5.69 Å². The lowest BCUT2D eigenvalue weighted by atomic mass is 10.2. The fourth-order valence-electron chi connectivity index (χ4n) is 2.80. The molecule has 0 saturated heterocycles. The monoisotopic (exact) mass is 360 g/mol. The fourth-order valence-corrected chi connectivity index (χ4v) is 3.91. The predicted molar refractivity (Wildman–Crippen MR) is 95.0 cm³/mol. The number of amides is 1. The van der Waals surface area contributed by atoms with Crippen molar-refractivity contribution in [1.29, 1.82) is 0 Å². The minimum Gasteiger partial charge on any atom is -0.452 e. The largest absolute Gasteiger partial charge is 0.452 e. The molecule has 0 aliphatic carbocycles. The van der Waals surface area contributed by atoms with Crippen LogP contribution in [0.3, 0.4) is 0 Å². The molecular weight excluding hydrogens is 340 g/mol. The Morgan fingerprint density at radius 2 is 2.12 bits per heavy atom. The maximum absolute atomic E-state index is 12.7. The van der Waals surface area contributed by atoms with Gasteiger partial charge in [0.1, 0.15) is 11.3 Å². The average Bonchev–Trinajstić information content (AvgIpc) is 2.82. The number of rotatable bonds is 3. The van der Waals surface area contributed by atoms with Gasteiger partial charge in [-0.25, -0.2) is 4.79 Å². The normalized spacial score (nSPS) is 16.9. The van der Waals surface area contributed by atoms with E-state index in [0.29, 0.717) is 23.2 Å².